The molecular weight excluding hydrogens is 340 g/mol. The van der Waals surface area contributed by atoms with E-state index in [0.29, 0.717) is 12.5 Å². The molecule has 1 unspecified atom stereocenters. The van der Waals surface area contributed by atoms with Crippen molar-refractivity contribution in [1.29, 1.82) is 0 Å². The fraction of sp³-hybridized carbons (Fsp3) is 0.700. The molecule has 2 aromatic rings. The lowest BCUT2D eigenvalue weighted by atomic mass is 9.93. The van der Waals surface area contributed by atoms with Crippen molar-refractivity contribution in [2.75, 3.05) is 13.1 Å². The molecule has 2 fully saturated rings. The number of hydrogen-bond acceptors (Lipinski definition) is 4. The second-order valence-electron chi connectivity index (χ2n) is 8.08. The Hall–Kier alpha value is -2.18. The van der Waals surface area contributed by atoms with Crippen LogP contribution in [0.1, 0.15) is 68.9 Å². The summed E-state index contributed by atoms with van der Waals surface area (Å²) in [4.78, 5) is 19.2. The number of rotatable bonds is 4. The summed E-state index contributed by atoms with van der Waals surface area (Å²) in [5, 5.41) is 8.88. The van der Waals surface area contributed by atoms with Gasteiger partial charge in [0.1, 0.15) is 5.82 Å². The molecule has 2 aliphatic rings. The summed E-state index contributed by atoms with van der Waals surface area (Å²) in [7, 11) is 2.04. The van der Waals surface area contributed by atoms with Crippen LogP contribution < -0.4 is 0 Å². The number of hydrogen-bond donors (Lipinski definition) is 0. The van der Waals surface area contributed by atoms with Gasteiger partial charge in [-0.25, -0.2) is 4.98 Å². The summed E-state index contributed by atoms with van der Waals surface area (Å²) in [6, 6.07) is 0. The molecule has 4 rings (SSSR count). The van der Waals surface area contributed by atoms with E-state index < -0.39 is 0 Å². The fourth-order valence-electron chi connectivity index (χ4n) is 4.58. The van der Waals surface area contributed by atoms with Crippen LogP contribution >= 0.6 is 0 Å². The van der Waals surface area contributed by atoms with E-state index >= 15 is 0 Å². The molecular formula is C20H30N6O. The third kappa shape index (κ3) is 4.06. The molecule has 1 aliphatic heterocycles. The van der Waals surface area contributed by atoms with Crippen molar-refractivity contribution in [2.24, 2.45) is 13.0 Å². The summed E-state index contributed by atoms with van der Waals surface area (Å²) in [5.41, 5.74) is 0. The van der Waals surface area contributed by atoms with Gasteiger partial charge in [-0.05, 0) is 25.7 Å². The number of carbonyl (C=O) groups is 1. The molecule has 1 saturated heterocycles. The number of piperidine rings is 1. The minimum absolute atomic E-state index is 0.238. The van der Waals surface area contributed by atoms with Crippen molar-refractivity contribution in [3.05, 3.63) is 30.4 Å². The number of nitrogens with zero attached hydrogens (tertiary/aromatic N) is 6. The molecule has 7 heteroatoms. The van der Waals surface area contributed by atoms with Gasteiger partial charge in [0, 0.05) is 44.4 Å². The zero-order valence-electron chi connectivity index (χ0n) is 16.3. The molecule has 0 spiro atoms. The zero-order chi connectivity index (χ0) is 18.6. The largest absolute Gasteiger partial charge is 0.342 e. The Morgan fingerprint density at radius 2 is 1.93 bits per heavy atom. The van der Waals surface area contributed by atoms with Gasteiger partial charge in [0.25, 0.3) is 0 Å². The monoisotopic (exact) mass is 370 g/mol. The lowest BCUT2D eigenvalue weighted by molar-refractivity contribution is -0.137. The predicted molar refractivity (Wildman–Crippen MR) is 102 cm³/mol. The quantitative estimate of drug-likeness (QED) is 0.776. The number of carbonyl (C=O) groups excluding carboxylic acids is 1. The van der Waals surface area contributed by atoms with Gasteiger partial charge >= 0.3 is 0 Å². The van der Waals surface area contributed by atoms with E-state index in [0.717, 1.165) is 50.4 Å². The number of aromatic nitrogens is 5. The third-order valence-electron chi connectivity index (χ3n) is 6.18. The lowest BCUT2D eigenvalue weighted by Gasteiger charge is -2.34. The summed E-state index contributed by atoms with van der Waals surface area (Å²) >= 11 is 0. The van der Waals surface area contributed by atoms with Crippen LogP contribution in [0.15, 0.2) is 18.7 Å². The van der Waals surface area contributed by atoms with Crippen LogP contribution in [0.25, 0.3) is 0 Å². The zero-order valence-corrected chi connectivity index (χ0v) is 16.3. The van der Waals surface area contributed by atoms with Gasteiger partial charge in [-0.1, -0.05) is 25.7 Å². The van der Waals surface area contributed by atoms with Gasteiger partial charge in [0.15, 0.2) is 5.82 Å². The highest BCUT2D eigenvalue weighted by molar-refractivity contribution is 5.79. The predicted octanol–water partition coefficient (Wildman–Crippen LogP) is 2.74. The van der Waals surface area contributed by atoms with E-state index in [9.17, 15) is 4.79 Å². The van der Waals surface area contributed by atoms with Gasteiger partial charge in [-0.2, -0.15) is 0 Å². The summed E-state index contributed by atoms with van der Waals surface area (Å²) < 4.78 is 4.10. The van der Waals surface area contributed by atoms with Crippen LogP contribution in [0.5, 0.6) is 0 Å². The van der Waals surface area contributed by atoms with E-state index in [4.69, 9.17) is 0 Å². The molecule has 27 heavy (non-hydrogen) atoms. The van der Waals surface area contributed by atoms with Gasteiger partial charge in [-0.3, -0.25) is 4.79 Å². The Morgan fingerprint density at radius 1 is 1.11 bits per heavy atom. The van der Waals surface area contributed by atoms with Gasteiger partial charge < -0.3 is 14.0 Å². The van der Waals surface area contributed by atoms with Crippen LogP contribution in [-0.4, -0.2) is 48.2 Å². The van der Waals surface area contributed by atoms with Crippen LogP contribution in [0.2, 0.25) is 0 Å². The SMILES string of the molecule is Cn1c(Cn2ccnc2)nnc1C1CCCN(C(=O)C2CCCCCC2)C1. The van der Waals surface area contributed by atoms with Crippen molar-refractivity contribution < 1.29 is 4.79 Å². The topological polar surface area (TPSA) is 68.8 Å². The molecule has 0 aromatic carbocycles. The first-order valence-corrected chi connectivity index (χ1v) is 10.3. The Balaban J connectivity index is 1.43. The van der Waals surface area contributed by atoms with E-state index in [1.807, 2.05) is 17.8 Å². The smallest absolute Gasteiger partial charge is 0.225 e. The second kappa shape index (κ2) is 8.23. The standard InChI is InChI=1S/C20H30N6O/c1-24-18(14-25-12-10-21-15-25)22-23-19(24)17-9-6-11-26(13-17)20(27)16-7-4-2-3-5-8-16/h10,12,15-17H,2-9,11,13-14H2,1H3. The normalized spacial score (nSPS) is 22.0. The molecule has 0 N–H and O–H groups in total. The molecule has 1 amide bonds. The van der Waals surface area contributed by atoms with E-state index in [1.54, 1.807) is 12.5 Å². The van der Waals surface area contributed by atoms with E-state index in [2.05, 4.69) is 24.6 Å². The maximum Gasteiger partial charge on any atom is 0.225 e. The maximum absolute atomic E-state index is 13.1. The Labute approximate surface area is 160 Å². The van der Waals surface area contributed by atoms with Gasteiger partial charge in [0.2, 0.25) is 5.91 Å². The summed E-state index contributed by atoms with van der Waals surface area (Å²) in [5.74, 6) is 2.83. The maximum atomic E-state index is 13.1. The van der Waals surface area contributed by atoms with Crippen LogP contribution in [0.4, 0.5) is 0 Å². The average Bonchev–Trinajstić information content (AvgIpc) is 3.24. The van der Waals surface area contributed by atoms with Crippen molar-refractivity contribution in [3.8, 4) is 0 Å². The number of imidazole rings is 1. The molecule has 1 aliphatic carbocycles. The van der Waals surface area contributed by atoms with Crippen LogP contribution in [0, 0.1) is 5.92 Å². The highest BCUT2D eigenvalue weighted by Crippen LogP contribution is 2.30. The van der Waals surface area contributed by atoms with E-state index in [1.165, 1.54) is 25.7 Å². The highest BCUT2D eigenvalue weighted by atomic mass is 16.2. The first-order valence-electron chi connectivity index (χ1n) is 10.3. The first kappa shape index (κ1) is 18.2. The number of amides is 1. The van der Waals surface area contributed by atoms with Crippen molar-refractivity contribution in [1.82, 2.24) is 29.2 Å². The lowest BCUT2D eigenvalue weighted by Crippen LogP contribution is -2.42. The molecule has 3 heterocycles. The Kier molecular flexibility index (Phi) is 5.55. The molecule has 0 radical (unpaired) electrons. The second-order valence-corrected chi connectivity index (χ2v) is 8.08. The summed E-state index contributed by atoms with van der Waals surface area (Å²) in [6.45, 7) is 2.35. The first-order chi connectivity index (χ1) is 13.2. The molecule has 1 atom stereocenters. The highest BCUT2D eigenvalue weighted by Gasteiger charge is 2.31. The Bertz CT molecular complexity index is 745. The minimum Gasteiger partial charge on any atom is -0.342 e. The van der Waals surface area contributed by atoms with Crippen LogP contribution in [-0.2, 0) is 18.4 Å². The van der Waals surface area contributed by atoms with Crippen molar-refractivity contribution in [3.63, 3.8) is 0 Å². The molecule has 7 nitrogen and oxygen atoms in total. The van der Waals surface area contributed by atoms with Gasteiger partial charge in [-0.15, -0.1) is 10.2 Å². The molecule has 2 aromatic heterocycles. The third-order valence-corrected chi connectivity index (χ3v) is 6.18. The molecule has 146 valence electrons. The summed E-state index contributed by atoms with van der Waals surface area (Å²) in [6.07, 6.45) is 14.7. The van der Waals surface area contributed by atoms with E-state index in [-0.39, 0.29) is 11.8 Å². The molecule has 1 saturated carbocycles. The average molecular weight is 371 g/mol. The Morgan fingerprint density at radius 3 is 2.67 bits per heavy atom. The molecule has 0 bridgehead atoms. The fourth-order valence-corrected chi connectivity index (χ4v) is 4.58. The van der Waals surface area contributed by atoms with Crippen molar-refractivity contribution >= 4 is 5.91 Å². The van der Waals surface area contributed by atoms with Crippen molar-refractivity contribution in [2.45, 2.75) is 63.8 Å². The minimum atomic E-state index is 0.238. The van der Waals surface area contributed by atoms with Crippen LogP contribution in [0.3, 0.4) is 0 Å². The number of likely N-dealkylation sites (tertiary alicyclic amines) is 1. The van der Waals surface area contributed by atoms with Gasteiger partial charge in [0.05, 0.1) is 12.9 Å².